The van der Waals surface area contributed by atoms with Crippen molar-refractivity contribution in [1.29, 1.82) is 0 Å². The first-order chi connectivity index (χ1) is 20.3. The van der Waals surface area contributed by atoms with Crippen molar-refractivity contribution in [1.82, 2.24) is 28.7 Å². The SMILES string of the molecule is C.C.C.C.C.C.C.C=CCC.CCC=Cc1cn(C)c(=O)[nH]c1=O.CCCC(OC)c1cn(C)c(=O)[nH]c1=O.Cn1c[c]([Hg][Cl])c(=O)[nH]c1=O.[Pd]. The zero-order chi connectivity index (χ0) is 33.1. The molecule has 0 spiro atoms. The number of methoxy groups -OCH3 is 1. The van der Waals surface area contributed by atoms with Crippen molar-refractivity contribution >= 4 is 17.4 Å². The Labute approximate surface area is 336 Å². The molecule has 3 aromatic heterocycles. The summed E-state index contributed by atoms with van der Waals surface area (Å²) < 4.78 is 9.86. The first-order valence-corrected chi connectivity index (χ1v) is 23.1. The van der Waals surface area contributed by atoms with Gasteiger partial charge in [-0.3, -0.25) is 19.6 Å². The van der Waals surface area contributed by atoms with Crippen molar-refractivity contribution in [2.24, 2.45) is 21.1 Å². The second-order valence-electron chi connectivity index (χ2n) is 9.09. The smallest absolute Gasteiger partial charge is 0 e. The van der Waals surface area contributed by atoms with Crippen LogP contribution in [0.15, 0.2) is 66.1 Å². The van der Waals surface area contributed by atoms with E-state index in [9.17, 15) is 28.8 Å². The topological polar surface area (TPSA) is 174 Å². The molecule has 0 bridgehead atoms. The quantitative estimate of drug-likeness (QED) is 0.183. The molecule has 0 saturated carbocycles. The average Bonchev–Trinajstić information content (AvgIpc) is 2.97. The summed E-state index contributed by atoms with van der Waals surface area (Å²) in [6.45, 7) is 9.54. The molecule has 0 amide bonds. The van der Waals surface area contributed by atoms with E-state index in [1.165, 1.54) is 32.3 Å². The number of hydrogen-bond donors (Lipinski definition) is 3. The van der Waals surface area contributed by atoms with Crippen LogP contribution in [0.3, 0.4) is 0 Å². The van der Waals surface area contributed by atoms with Crippen LogP contribution >= 0.6 is 8.25 Å². The van der Waals surface area contributed by atoms with Gasteiger partial charge in [0.2, 0.25) is 0 Å². The minimum atomic E-state index is -1.68. The van der Waals surface area contributed by atoms with Crippen molar-refractivity contribution in [2.45, 2.75) is 105 Å². The molecule has 0 aliphatic rings. The summed E-state index contributed by atoms with van der Waals surface area (Å²) in [7, 11) is 12.0. The molecule has 51 heavy (non-hydrogen) atoms. The Morgan fingerprint density at radius 3 is 1.55 bits per heavy atom. The molecular weight excluding hydrogens is 959 g/mol. The van der Waals surface area contributed by atoms with Gasteiger partial charge in [-0.15, -0.1) is 6.58 Å². The van der Waals surface area contributed by atoms with Gasteiger partial charge in [0, 0.05) is 54.0 Å². The summed E-state index contributed by atoms with van der Waals surface area (Å²) in [5, 5.41) is 0. The summed E-state index contributed by atoms with van der Waals surface area (Å²) in [6.07, 6.45) is 13.4. The number of aromatic nitrogens is 6. The van der Waals surface area contributed by atoms with E-state index in [0.717, 1.165) is 25.7 Å². The van der Waals surface area contributed by atoms with Gasteiger partial charge in [0.15, 0.2) is 0 Å². The van der Waals surface area contributed by atoms with Gasteiger partial charge in [0.1, 0.15) is 0 Å². The first kappa shape index (κ1) is 70.0. The Balaban J connectivity index is -0.0000000659. The maximum atomic E-state index is 11.5. The van der Waals surface area contributed by atoms with Gasteiger partial charge in [-0.25, -0.2) is 9.59 Å². The monoisotopic (exact) mass is 1030 g/mol. The number of halogens is 1. The number of rotatable bonds is 8. The van der Waals surface area contributed by atoms with Crippen LogP contribution in [0, 0.1) is 0 Å². The molecule has 16 heteroatoms. The van der Waals surface area contributed by atoms with Gasteiger partial charge in [-0.1, -0.05) is 97.4 Å². The minimum absolute atomic E-state index is 0. The second kappa shape index (κ2) is 38.6. The molecule has 3 rings (SSSR count). The van der Waals surface area contributed by atoms with Gasteiger partial charge >= 0.3 is 89.7 Å². The van der Waals surface area contributed by atoms with E-state index in [1.807, 2.05) is 26.0 Å². The molecule has 0 aromatic carbocycles. The van der Waals surface area contributed by atoms with Crippen molar-refractivity contribution < 1.29 is 48.5 Å². The van der Waals surface area contributed by atoms with Crippen molar-refractivity contribution in [3.63, 3.8) is 0 Å². The van der Waals surface area contributed by atoms with E-state index in [-0.39, 0.29) is 95.2 Å². The van der Waals surface area contributed by atoms with Gasteiger partial charge in [0.25, 0.3) is 11.1 Å². The van der Waals surface area contributed by atoms with E-state index in [0.29, 0.717) is 14.2 Å². The summed E-state index contributed by atoms with van der Waals surface area (Å²) in [5.74, 6) is 0. The van der Waals surface area contributed by atoms with Crippen LogP contribution in [0.4, 0.5) is 0 Å². The molecule has 1 atom stereocenters. The van der Waals surface area contributed by atoms with Crippen LogP contribution in [-0.2, 0) is 69.6 Å². The fourth-order valence-electron chi connectivity index (χ4n) is 3.13. The molecule has 13 nitrogen and oxygen atoms in total. The number of aromatic amines is 3. The normalized spacial score (nSPS) is 9.02. The van der Waals surface area contributed by atoms with Gasteiger partial charge in [-0.05, 0) is 19.3 Å². The third-order valence-corrected chi connectivity index (χ3v) is 11.2. The number of H-pyrrole nitrogens is 3. The van der Waals surface area contributed by atoms with Crippen LogP contribution in [0.1, 0.15) is 116 Å². The summed E-state index contributed by atoms with van der Waals surface area (Å²) in [5.41, 5.74) is -1.20. The number of hydrogen-bond acceptors (Lipinski definition) is 7. The number of nitrogens with one attached hydrogen (secondary N) is 3. The Kier molecular flexibility index (Phi) is 53.0. The number of ether oxygens (including phenoxy) is 1. The molecule has 300 valence electrons. The number of aryl methyl sites for hydroxylation is 3. The molecule has 0 aliphatic carbocycles. The Morgan fingerprint density at radius 2 is 1.16 bits per heavy atom. The Morgan fingerprint density at radius 1 is 0.745 bits per heavy atom. The molecule has 0 aliphatic heterocycles. The Hall–Kier alpha value is -2.63. The number of allylic oxidation sites excluding steroid dienone is 2. The molecule has 0 fully saturated rings. The van der Waals surface area contributed by atoms with Crippen LogP contribution in [0.25, 0.3) is 6.08 Å². The maximum absolute atomic E-state index is 11.5. The van der Waals surface area contributed by atoms with E-state index in [1.54, 1.807) is 34.3 Å². The third-order valence-electron chi connectivity index (χ3n) is 5.60. The summed E-state index contributed by atoms with van der Waals surface area (Å²) in [6, 6.07) is 0. The van der Waals surface area contributed by atoms with Crippen LogP contribution in [0.2, 0.25) is 0 Å². The summed E-state index contributed by atoms with van der Waals surface area (Å²) >= 11 is -1.68. The van der Waals surface area contributed by atoms with Crippen LogP contribution < -0.4 is 36.8 Å². The molecule has 3 heterocycles. The van der Waals surface area contributed by atoms with Gasteiger partial charge in [0.05, 0.1) is 17.2 Å². The van der Waals surface area contributed by atoms with E-state index in [4.69, 9.17) is 13.0 Å². The molecule has 0 saturated heterocycles. The zero-order valence-corrected chi connectivity index (χ0v) is 34.0. The molecule has 3 aromatic rings. The largest absolute Gasteiger partial charge is 0 e. The average molecular weight is 1030 g/mol. The van der Waals surface area contributed by atoms with Crippen LogP contribution in [0.5, 0.6) is 0 Å². The van der Waals surface area contributed by atoms with Crippen molar-refractivity contribution in [3.05, 3.63) is 111 Å². The first-order valence-electron chi connectivity index (χ1n) is 13.6. The maximum Gasteiger partial charge on any atom is 0 e. The second-order valence-corrected chi connectivity index (χ2v) is 15.4. The fraction of sp³-hybridized carbons (Fsp3) is 0.543. The standard InChI is InChI=1S/C10H16N2O3.C9H12N2O2.C5H5N2O2.C4H8.7CH4.ClH.Hg.Pd/c1-4-5-8(15-3)7-6-12(2)10(14)11-9(7)13;1-3-4-5-7-6-11(2)9(13)10-8(7)12;1-7-3-2-4(8)6-5(7)9;1-3-4-2;;;;;;;;;;/h6,8H,4-5H2,1-3H3,(H,11,13,14);4-6H,3H2,1-2H3,(H,10,12,13);3H,1H3,(H,6,8,9);3H,1,4H2,2H3;7*1H4;1H;;/q;;;;;;;;;;;;+1;/p-1. The predicted molar refractivity (Wildman–Crippen MR) is 214 cm³/mol. The van der Waals surface area contributed by atoms with E-state index >= 15 is 0 Å². The molecule has 1 unspecified atom stereocenters. The zero-order valence-electron chi connectivity index (χ0n) is 26.2. The summed E-state index contributed by atoms with van der Waals surface area (Å²) in [4.78, 5) is 73.1. The van der Waals surface area contributed by atoms with E-state index < -0.39 is 40.4 Å². The third kappa shape index (κ3) is 25.9. The Bertz CT molecular complexity index is 1690. The molecular formula is C35H69ClHgN6O7Pd. The fourth-order valence-corrected chi connectivity index (χ4v) is 6.95. The predicted octanol–water partition coefficient (Wildman–Crippen LogP) is 6.03. The number of nitrogens with zero attached hydrogens (tertiary/aromatic N) is 3. The molecule has 3 N–H and O–H groups in total. The minimum Gasteiger partial charge on any atom is 0 e. The van der Waals surface area contributed by atoms with E-state index in [2.05, 4.69) is 28.5 Å². The van der Waals surface area contributed by atoms with Crippen LogP contribution in [-0.4, -0.2) is 35.8 Å². The molecule has 0 radical (unpaired) electrons. The van der Waals surface area contributed by atoms with Crippen molar-refractivity contribution in [3.8, 4) is 0 Å². The van der Waals surface area contributed by atoms with Gasteiger partial charge < -0.3 is 13.9 Å². The van der Waals surface area contributed by atoms with Crippen molar-refractivity contribution in [2.75, 3.05) is 7.11 Å². The van der Waals surface area contributed by atoms with Gasteiger partial charge in [-0.2, -0.15) is 0 Å².